The number of aryl methyl sites for hydroxylation is 1. The van der Waals surface area contributed by atoms with Crippen LogP contribution in [0.4, 0.5) is 5.69 Å². The summed E-state index contributed by atoms with van der Waals surface area (Å²) in [5.74, 6) is 1.09. The molecule has 1 saturated heterocycles. The predicted molar refractivity (Wildman–Crippen MR) is 66.3 cm³/mol. The number of nitrogens with one attached hydrogen (secondary N) is 1. The summed E-state index contributed by atoms with van der Waals surface area (Å²) in [4.78, 5) is 0. The molecule has 0 amide bonds. The molecule has 0 spiro atoms. The van der Waals surface area contributed by atoms with Crippen LogP contribution in [0.2, 0.25) is 0 Å². The highest BCUT2D eigenvalue weighted by Crippen LogP contribution is 2.28. The van der Waals surface area contributed by atoms with Crippen molar-refractivity contribution >= 4 is 15.5 Å². The lowest BCUT2D eigenvalue weighted by Crippen LogP contribution is -2.45. The molecule has 2 aliphatic heterocycles. The summed E-state index contributed by atoms with van der Waals surface area (Å²) < 4.78 is 27.7. The summed E-state index contributed by atoms with van der Waals surface area (Å²) in [5.41, 5.74) is 2.43. The maximum Gasteiger partial charge on any atom is 0.157 e. The Hall–Kier alpha value is -1.23. The van der Waals surface area contributed by atoms with E-state index in [4.69, 9.17) is 4.74 Å². The summed E-state index contributed by atoms with van der Waals surface area (Å²) in [6.45, 7) is 1.02. The van der Waals surface area contributed by atoms with E-state index >= 15 is 0 Å². The summed E-state index contributed by atoms with van der Waals surface area (Å²) >= 11 is 0. The van der Waals surface area contributed by atoms with Crippen molar-refractivity contribution in [3.05, 3.63) is 23.8 Å². The van der Waals surface area contributed by atoms with E-state index in [2.05, 4.69) is 5.32 Å². The van der Waals surface area contributed by atoms with E-state index in [1.54, 1.807) is 0 Å². The quantitative estimate of drug-likeness (QED) is 0.861. The highest BCUT2D eigenvalue weighted by atomic mass is 32.2. The van der Waals surface area contributed by atoms with Crippen LogP contribution in [0.15, 0.2) is 18.2 Å². The van der Waals surface area contributed by atoms with E-state index < -0.39 is 9.84 Å². The first-order chi connectivity index (χ1) is 8.12. The minimum Gasteiger partial charge on any atom is -0.488 e. The van der Waals surface area contributed by atoms with Gasteiger partial charge in [0.1, 0.15) is 11.9 Å². The third-order valence-corrected chi connectivity index (χ3v) is 4.96. The van der Waals surface area contributed by atoms with Crippen LogP contribution in [0.3, 0.4) is 0 Å². The minimum absolute atomic E-state index is 0.155. The number of anilines is 1. The molecule has 0 aromatic heterocycles. The van der Waals surface area contributed by atoms with Gasteiger partial charge in [-0.15, -0.1) is 0 Å². The van der Waals surface area contributed by atoms with Gasteiger partial charge in [0, 0.05) is 12.2 Å². The smallest absolute Gasteiger partial charge is 0.157 e. The Morgan fingerprint density at radius 3 is 2.88 bits per heavy atom. The van der Waals surface area contributed by atoms with Gasteiger partial charge < -0.3 is 10.1 Å². The van der Waals surface area contributed by atoms with Crippen LogP contribution in [0.5, 0.6) is 5.75 Å². The lowest BCUT2D eigenvalue weighted by Gasteiger charge is -2.27. The highest BCUT2D eigenvalue weighted by molar-refractivity contribution is 7.92. The Balaban J connectivity index is 1.72. The molecule has 92 valence electrons. The second-order valence-corrected chi connectivity index (χ2v) is 6.82. The number of sulfone groups is 1. The molecule has 0 aliphatic carbocycles. The molecule has 1 aromatic carbocycles. The van der Waals surface area contributed by atoms with Gasteiger partial charge in [0.05, 0.1) is 11.5 Å². The molecule has 5 heteroatoms. The van der Waals surface area contributed by atoms with Gasteiger partial charge in [-0.2, -0.15) is 0 Å². The average molecular weight is 253 g/mol. The fourth-order valence-electron chi connectivity index (χ4n) is 2.30. The minimum atomic E-state index is -2.81. The SMILES string of the molecule is O=S1(=O)CC(Oc2ccc3c(c2)CCCN3)C1. The molecular formula is C12H15NO3S. The molecular weight excluding hydrogens is 238 g/mol. The predicted octanol–water partition coefficient (Wildman–Crippen LogP) is 1.22. The summed E-state index contributed by atoms with van der Waals surface area (Å²) in [6, 6.07) is 5.94. The Labute approximate surface area is 101 Å². The monoisotopic (exact) mass is 253 g/mol. The van der Waals surface area contributed by atoms with Crippen LogP contribution in [-0.2, 0) is 16.3 Å². The number of rotatable bonds is 2. The molecule has 0 radical (unpaired) electrons. The van der Waals surface area contributed by atoms with E-state index in [-0.39, 0.29) is 17.6 Å². The second kappa shape index (κ2) is 3.91. The van der Waals surface area contributed by atoms with Crippen LogP contribution in [0, 0.1) is 0 Å². The van der Waals surface area contributed by atoms with Crippen LogP contribution < -0.4 is 10.1 Å². The second-order valence-electron chi connectivity index (χ2n) is 4.67. The molecule has 0 atom stereocenters. The van der Waals surface area contributed by atoms with E-state index in [0.717, 1.165) is 25.1 Å². The number of benzene rings is 1. The normalized spacial score (nSPS) is 22.1. The first kappa shape index (κ1) is 10.9. The molecule has 0 bridgehead atoms. The fourth-order valence-corrected chi connectivity index (χ4v) is 3.47. The van der Waals surface area contributed by atoms with Crippen LogP contribution >= 0.6 is 0 Å². The van der Waals surface area contributed by atoms with E-state index in [9.17, 15) is 8.42 Å². The van der Waals surface area contributed by atoms with Crippen molar-refractivity contribution in [2.45, 2.75) is 18.9 Å². The van der Waals surface area contributed by atoms with Crippen LogP contribution in [0.25, 0.3) is 0 Å². The number of hydrogen-bond acceptors (Lipinski definition) is 4. The highest BCUT2D eigenvalue weighted by Gasteiger charge is 2.35. The maximum absolute atomic E-state index is 11.0. The largest absolute Gasteiger partial charge is 0.488 e. The zero-order valence-electron chi connectivity index (χ0n) is 9.48. The average Bonchev–Trinajstić information content (AvgIpc) is 2.26. The zero-order valence-corrected chi connectivity index (χ0v) is 10.3. The number of ether oxygens (including phenoxy) is 1. The summed E-state index contributed by atoms with van der Waals surface area (Å²) in [7, 11) is -2.81. The van der Waals surface area contributed by atoms with Gasteiger partial charge in [-0.25, -0.2) is 8.42 Å². The first-order valence-corrected chi connectivity index (χ1v) is 7.68. The van der Waals surface area contributed by atoms with Crippen LogP contribution in [0.1, 0.15) is 12.0 Å². The summed E-state index contributed by atoms with van der Waals surface area (Å²) in [6.07, 6.45) is 2.03. The lowest BCUT2D eigenvalue weighted by atomic mass is 10.0. The van der Waals surface area contributed by atoms with Crippen molar-refractivity contribution in [2.24, 2.45) is 0 Å². The van der Waals surface area contributed by atoms with Gasteiger partial charge in [0.2, 0.25) is 0 Å². The maximum atomic E-state index is 11.0. The van der Waals surface area contributed by atoms with Gasteiger partial charge in [-0.3, -0.25) is 0 Å². The summed E-state index contributed by atoms with van der Waals surface area (Å²) in [5, 5.41) is 3.33. The molecule has 4 nitrogen and oxygen atoms in total. The van der Waals surface area contributed by atoms with Crippen molar-refractivity contribution in [2.75, 3.05) is 23.4 Å². The molecule has 3 rings (SSSR count). The van der Waals surface area contributed by atoms with E-state index in [1.165, 1.54) is 11.3 Å². The molecule has 1 aromatic rings. The first-order valence-electron chi connectivity index (χ1n) is 5.86. The third-order valence-electron chi connectivity index (χ3n) is 3.20. The molecule has 1 N–H and O–H groups in total. The molecule has 2 aliphatic rings. The van der Waals surface area contributed by atoms with Crippen LogP contribution in [-0.4, -0.2) is 32.6 Å². The van der Waals surface area contributed by atoms with Gasteiger partial charge in [0.15, 0.2) is 9.84 Å². The molecule has 17 heavy (non-hydrogen) atoms. The van der Waals surface area contributed by atoms with Crippen molar-refractivity contribution < 1.29 is 13.2 Å². The van der Waals surface area contributed by atoms with Gasteiger partial charge in [-0.1, -0.05) is 0 Å². The molecule has 0 saturated carbocycles. The van der Waals surface area contributed by atoms with Gasteiger partial charge in [-0.05, 0) is 36.6 Å². The third kappa shape index (κ3) is 2.24. The van der Waals surface area contributed by atoms with E-state index in [0.29, 0.717) is 0 Å². The van der Waals surface area contributed by atoms with Crippen molar-refractivity contribution in [3.63, 3.8) is 0 Å². The van der Waals surface area contributed by atoms with Gasteiger partial charge in [0.25, 0.3) is 0 Å². The Kier molecular flexibility index (Phi) is 2.50. The standard InChI is InChI=1S/C12H15NO3S/c14-17(15)7-11(8-17)16-10-3-4-12-9(6-10)2-1-5-13-12/h3-4,6,11,13H,1-2,5,7-8H2. The van der Waals surface area contributed by atoms with E-state index in [1.807, 2.05) is 18.2 Å². The Bertz CT molecular complexity index is 527. The van der Waals surface area contributed by atoms with Crippen molar-refractivity contribution in [1.29, 1.82) is 0 Å². The van der Waals surface area contributed by atoms with Gasteiger partial charge >= 0.3 is 0 Å². The molecule has 1 fully saturated rings. The Morgan fingerprint density at radius 1 is 1.29 bits per heavy atom. The Morgan fingerprint density at radius 2 is 2.12 bits per heavy atom. The topological polar surface area (TPSA) is 55.4 Å². The number of hydrogen-bond donors (Lipinski definition) is 1. The lowest BCUT2D eigenvalue weighted by molar-refractivity contribution is 0.230. The van der Waals surface area contributed by atoms with Crippen molar-refractivity contribution in [1.82, 2.24) is 0 Å². The number of fused-ring (bicyclic) bond motifs is 1. The molecule has 0 unspecified atom stereocenters. The fraction of sp³-hybridized carbons (Fsp3) is 0.500. The molecule has 2 heterocycles. The zero-order chi connectivity index (χ0) is 11.9. The van der Waals surface area contributed by atoms with Crippen molar-refractivity contribution in [3.8, 4) is 5.75 Å².